The molecule has 0 aromatic heterocycles. The quantitative estimate of drug-likeness (QED) is 0.281. The molecule has 0 bridgehead atoms. The van der Waals surface area contributed by atoms with Crippen LogP contribution < -0.4 is 0 Å². The van der Waals surface area contributed by atoms with Gasteiger partial charge in [-0.2, -0.15) is 0 Å². The summed E-state index contributed by atoms with van der Waals surface area (Å²) in [5.41, 5.74) is 3.27. The largest absolute Gasteiger partial charge is 0.325 e. The summed E-state index contributed by atoms with van der Waals surface area (Å²) in [7, 11) is 4.51. The predicted octanol–water partition coefficient (Wildman–Crippen LogP) is 6.18. The lowest BCUT2D eigenvalue weighted by atomic mass is 9.83. The molecule has 0 unspecified atom stereocenters. The summed E-state index contributed by atoms with van der Waals surface area (Å²) in [6.07, 6.45) is 10.6. The minimum absolute atomic E-state index is 0.0320. The maximum absolute atomic E-state index is 13.0. The molecule has 0 saturated carbocycles. The minimum Gasteiger partial charge on any atom is -0.325 e. The number of quaternary nitrogens is 1. The minimum atomic E-state index is -0.0422. The Morgan fingerprint density at radius 3 is 1.83 bits per heavy atom. The zero-order valence-electron chi connectivity index (χ0n) is 18.9. The number of ketones is 2. The second kappa shape index (κ2) is 10.2. The van der Waals surface area contributed by atoms with Crippen LogP contribution in [0.15, 0.2) is 42.5 Å². The molecule has 30 heavy (non-hydrogen) atoms. The highest BCUT2D eigenvalue weighted by molar-refractivity contribution is 6.28. The topological polar surface area (TPSA) is 34.1 Å². The van der Waals surface area contributed by atoms with Crippen molar-refractivity contribution >= 4 is 11.6 Å². The lowest BCUT2D eigenvalue weighted by molar-refractivity contribution is -0.903. The van der Waals surface area contributed by atoms with Crippen molar-refractivity contribution < 1.29 is 14.1 Å². The number of carbonyl (C=O) groups is 2. The Morgan fingerprint density at radius 2 is 1.20 bits per heavy atom. The van der Waals surface area contributed by atoms with Gasteiger partial charge in [-0.1, -0.05) is 75.8 Å². The van der Waals surface area contributed by atoms with E-state index in [-0.39, 0.29) is 11.6 Å². The summed E-state index contributed by atoms with van der Waals surface area (Å²) in [5, 5.41) is 0. The van der Waals surface area contributed by atoms with Crippen molar-refractivity contribution in [3.63, 3.8) is 0 Å². The van der Waals surface area contributed by atoms with Crippen LogP contribution in [0.25, 0.3) is 0 Å². The van der Waals surface area contributed by atoms with E-state index >= 15 is 0 Å². The van der Waals surface area contributed by atoms with Crippen LogP contribution in [0.3, 0.4) is 0 Å². The summed E-state index contributed by atoms with van der Waals surface area (Å²) >= 11 is 0. The van der Waals surface area contributed by atoms with Gasteiger partial charge in [-0.3, -0.25) is 9.59 Å². The first-order valence-electron chi connectivity index (χ1n) is 11.6. The molecule has 2 aromatic rings. The van der Waals surface area contributed by atoms with E-state index in [1.54, 1.807) is 12.1 Å². The fraction of sp³-hybridized carbons (Fsp3) is 0.481. The number of hydrogen-bond donors (Lipinski definition) is 0. The van der Waals surface area contributed by atoms with Gasteiger partial charge in [0.05, 0.1) is 20.6 Å². The van der Waals surface area contributed by atoms with Gasteiger partial charge >= 0.3 is 0 Å². The van der Waals surface area contributed by atoms with E-state index in [2.05, 4.69) is 21.0 Å². The van der Waals surface area contributed by atoms with Crippen LogP contribution in [0.5, 0.6) is 0 Å². The number of fused-ring (bicyclic) bond motifs is 2. The van der Waals surface area contributed by atoms with Crippen molar-refractivity contribution in [1.82, 2.24) is 0 Å². The van der Waals surface area contributed by atoms with Crippen LogP contribution in [0.1, 0.15) is 95.7 Å². The van der Waals surface area contributed by atoms with Crippen molar-refractivity contribution in [1.29, 1.82) is 0 Å². The molecule has 1 aliphatic carbocycles. The Hall–Kier alpha value is -2.26. The van der Waals surface area contributed by atoms with Gasteiger partial charge < -0.3 is 4.48 Å². The highest BCUT2D eigenvalue weighted by Gasteiger charge is 2.30. The summed E-state index contributed by atoms with van der Waals surface area (Å²) in [6.45, 7) is 4.25. The molecule has 0 aliphatic heterocycles. The normalized spacial score (nSPS) is 13.3. The number of unbranched alkanes of at least 4 members (excludes halogenated alkanes) is 7. The molecule has 0 saturated heterocycles. The lowest BCUT2D eigenvalue weighted by Crippen LogP contribution is -2.39. The van der Waals surface area contributed by atoms with Crippen LogP contribution in [-0.4, -0.2) is 36.7 Å². The SMILES string of the molecule is CCCCCCCCCC[N+](C)(C)Cc1ccc2c(c1)C(=O)c1ccccc1C2=O. The molecular formula is C27H36NO2+. The molecular weight excluding hydrogens is 370 g/mol. The van der Waals surface area contributed by atoms with E-state index in [1.807, 2.05) is 30.3 Å². The van der Waals surface area contributed by atoms with Gasteiger partial charge in [0.1, 0.15) is 6.54 Å². The van der Waals surface area contributed by atoms with Gasteiger partial charge in [-0.25, -0.2) is 0 Å². The van der Waals surface area contributed by atoms with Crippen molar-refractivity contribution in [3.8, 4) is 0 Å². The average molecular weight is 407 g/mol. The standard InChI is InChI=1S/C27H36NO2/c1-4-5-6-7-8-9-10-13-18-28(2,3)20-21-16-17-24-25(19-21)27(30)23-15-12-11-14-22(23)26(24)29/h11-12,14-17,19H,4-10,13,18,20H2,1-3H3/q+1. The molecule has 0 spiro atoms. The average Bonchev–Trinajstić information content (AvgIpc) is 2.73. The van der Waals surface area contributed by atoms with Crippen LogP contribution in [0.2, 0.25) is 0 Å². The molecule has 160 valence electrons. The first-order valence-corrected chi connectivity index (χ1v) is 11.6. The molecule has 3 nitrogen and oxygen atoms in total. The summed E-state index contributed by atoms with van der Waals surface area (Å²) in [4.78, 5) is 25.7. The molecule has 3 heteroatoms. The zero-order chi connectivity index (χ0) is 21.6. The Kier molecular flexibility index (Phi) is 7.60. The van der Waals surface area contributed by atoms with Crippen LogP contribution in [0, 0.1) is 0 Å². The second-order valence-corrected chi connectivity index (χ2v) is 9.38. The van der Waals surface area contributed by atoms with E-state index in [1.165, 1.54) is 51.4 Å². The molecule has 0 amide bonds. The molecule has 0 radical (unpaired) electrons. The van der Waals surface area contributed by atoms with Gasteiger partial charge in [0.15, 0.2) is 11.6 Å². The molecule has 0 atom stereocenters. The third-order valence-corrected chi connectivity index (χ3v) is 6.22. The molecule has 2 aromatic carbocycles. The van der Waals surface area contributed by atoms with Gasteiger partial charge in [0, 0.05) is 27.8 Å². The molecule has 0 heterocycles. The summed E-state index contributed by atoms with van der Waals surface area (Å²) in [5.74, 6) is -0.0742. The van der Waals surface area contributed by atoms with E-state index in [0.717, 1.165) is 23.1 Å². The van der Waals surface area contributed by atoms with Crippen LogP contribution in [-0.2, 0) is 6.54 Å². The highest BCUT2D eigenvalue weighted by Crippen LogP contribution is 2.28. The Morgan fingerprint density at radius 1 is 0.667 bits per heavy atom. The van der Waals surface area contributed by atoms with Gasteiger partial charge in [-0.15, -0.1) is 0 Å². The third-order valence-electron chi connectivity index (χ3n) is 6.22. The highest BCUT2D eigenvalue weighted by atomic mass is 16.1. The number of rotatable bonds is 11. The summed E-state index contributed by atoms with van der Waals surface area (Å²) in [6, 6.07) is 12.9. The fourth-order valence-corrected chi connectivity index (χ4v) is 4.49. The van der Waals surface area contributed by atoms with E-state index < -0.39 is 0 Å². The fourth-order valence-electron chi connectivity index (χ4n) is 4.49. The number of carbonyl (C=O) groups excluding carboxylic acids is 2. The lowest BCUT2D eigenvalue weighted by Gasteiger charge is -2.30. The van der Waals surface area contributed by atoms with Gasteiger partial charge in [0.25, 0.3) is 0 Å². The first kappa shape index (κ1) is 22.4. The second-order valence-electron chi connectivity index (χ2n) is 9.38. The number of nitrogens with zero attached hydrogens (tertiary/aromatic N) is 1. The Balaban J connectivity index is 1.57. The Bertz CT molecular complexity index is 897. The maximum atomic E-state index is 13.0. The third kappa shape index (κ3) is 5.46. The van der Waals surface area contributed by atoms with Crippen molar-refractivity contribution in [2.24, 2.45) is 0 Å². The van der Waals surface area contributed by atoms with Crippen molar-refractivity contribution in [2.45, 2.75) is 64.8 Å². The van der Waals surface area contributed by atoms with E-state index in [9.17, 15) is 9.59 Å². The van der Waals surface area contributed by atoms with Crippen LogP contribution in [0.4, 0.5) is 0 Å². The number of hydrogen-bond acceptors (Lipinski definition) is 2. The molecule has 0 fully saturated rings. The zero-order valence-corrected chi connectivity index (χ0v) is 18.9. The van der Waals surface area contributed by atoms with E-state index in [4.69, 9.17) is 0 Å². The monoisotopic (exact) mass is 406 g/mol. The predicted molar refractivity (Wildman–Crippen MR) is 123 cm³/mol. The van der Waals surface area contributed by atoms with Crippen molar-refractivity contribution in [3.05, 3.63) is 70.3 Å². The molecule has 3 rings (SSSR count). The maximum Gasteiger partial charge on any atom is 0.194 e. The first-order chi connectivity index (χ1) is 14.4. The van der Waals surface area contributed by atoms with E-state index in [0.29, 0.717) is 22.3 Å². The summed E-state index contributed by atoms with van der Waals surface area (Å²) < 4.78 is 0.896. The van der Waals surface area contributed by atoms with Gasteiger partial charge in [0.2, 0.25) is 0 Å². The van der Waals surface area contributed by atoms with Crippen LogP contribution >= 0.6 is 0 Å². The molecule has 0 N–H and O–H groups in total. The number of benzene rings is 2. The smallest absolute Gasteiger partial charge is 0.194 e. The van der Waals surface area contributed by atoms with Crippen molar-refractivity contribution in [2.75, 3.05) is 20.6 Å². The molecule has 1 aliphatic rings. The Labute approximate surface area is 181 Å². The van der Waals surface area contributed by atoms with Gasteiger partial charge in [-0.05, 0) is 25.0 Å².